The molecule has 0 saturated heterocycles. The second-order valence-corrected chi connectivity index (χ2v) is 7.08. The van der Waals surface area contributed by atoms with E-state index in [2.05, 4.69) is 10.3 Å². The molecule has 0 bridgehead atoms. The molecule has 0 unspecified atom stereocenters. The number of benzene rings is 2. The van der Waals surface area contributed by atoms with Gasteiger partial charge in [0.05, 0.1) is 0 Å². The molecule has 7 nitrogen and oxygen atoms in total. The minimum atomic E-state index is -1.01. The summed E-state index contributed by atoms with van der Waals surface area (Å²) >= 11 is 0. The number of hydrogen-bond donors (Lipinski definition) is 1. The molecule has 7 heteroatoms. The average molecular weight is 420 g/mol. The van der Waals surface area contributed by atoms with Crippen molar-refractivity contribution in [1.82, 2.24) is 4.98 Å². The average Bonchev–Trinajstić information content (AvgIpc) is 3.16. The Morgan fingerprint density at radius 2 is 1.74 bits per heavy atom. The van der Waals surface area contributed by atoms with E-state index in [0.717, 1.165) is 12.0 Å². The number of Topliss-reactive ketones (excluding diaryl/α,β-unsaturated/α-hetero) is 1. The van der Waals surface area contributed by atoms with Crippen LogP contribution in [-0.2, 0) is 9.53 Å². The molecule has 0 saturated carbocycles. The van der Waals surface area contributed by atoms with E-state index in [1.807, 2.05) is 37.3 Å². The molecular formula is C24H24N2O5. The minimum Gasteiger partial charge on any atom is -0.449 e. The molecule has 1 heterocycles. The Labute approximate surface area is 180 Å². The monoisotopic (exact) mass is 420 g/mol. The lowest BCUT2D eigenvalue weighted by atomic mass is 10.1. The molecule has 3 rings (SSSR count). The van der Waals surface area contributed by atoms with Gasteiger partial charge in [-0.15, -0.1) is 0 Å². The van der Waals surface area contributed by atoms with Gasteiger partial charge in [0.25, 0.3) is 0 Å². The van der Waals surface area contributed by atoms with E-state index < -0.39 is 12.1 Å². The molecule has 1 atom stereocenters. The third-order valence-corrected chi connectivity index (χ3v) is 4.59. The zero-order chi connectivity index (χ0) is 22.4. The maximum absolute atomic E-state index is 12.7. The van der Waals surface area contributed by atoms with Gasteiger partial charge in [-0.05, 0) is 56.7 Å². The summed E-state index contributed by atoms with van der Waals surface area (Å²) in [5, 5.41) is 2.76. The van der Waals surface area contributed by atoms with Gasteiger partial charge in [-0.25, -0.2) is 9.78 Å². The number of oxazole rings is 1. The van der Waals surface area contributed by atoms with Crippen molar-refractivity contribution in [1.29, 1.82) is 0 Å². The first-order valence-electron chi connectivity index (χ1n) is 10.1. The van der Waals surface area contributed by atoms with Gasteiger partial charge in [0.15, 0.2) is 11.8 Å². The highest BCUT2D eigenvalue weighted by Gasteiger charge is 2.25. The van der Waals surface area contributed by atoms with Crippen LogP contribution in [0.1, 0.15) is 53.3 Å². The number of rotatable bonds is 8. The molecule has 1 aromatic heterocycles. The van der Waals surface area contributed by atoms with E-state index in [9.17, 15) is 14.4 Å². The molecule has 1 N–H and O–H groups in total. The number of aryl methyl sites for hydroxylation is 1. The first-order valence-corrected chi connectivity index (χ1v) is 10.1. The largest absolute Gasteiger partial charge is 0.449 e. The van der Waals surface area contributed by atoms with Crippen LogP contribution >= 0.6 is 0 Å². The summed E-state index contributed by atoms with van der Waals surface area (Å²) in [4.78, 5) is 41.1. The Hall–Kier alpha value is -3.74. The van der Waals surface area contributed by atoms with Crippen LogP contribution in [0.15, 0.2) is 59.0 Å². The van der Waals surface area contributed by atoms with Gasteiger partial charge in [-0.3, -0.25) is 9.59 Å². The van der Waals surface area contributed by atoms with Crippen LogP contribution in [0.2, 0.25) is 0 Å². The molecule has 0 spiro atoms. The fourth-order valence-corrected chi connectivity index (χ4v) is 2.96. The number of amides is 1. The Morgan fingerprint density at radius 3 is 2.39 bits per heavy atom. The van der Waals surface area contributed by atoms with E-state index in [1.54, 1.807) is 31.2 Å². The smallest absolute Gasteiger partial charge is 0.361 e. The lowest BCUT2D eigenvalue weighted by molar-refractivity contribution is -0.116. The van der Waals surface area contributed by atoms with E-state index >= 15 is 0 Å². The van der Waals surface area contributed by atoms with Gasteiger partial charge in [0.2, 0.25) is 17.6 Å². The topological polar surface area (TPSA) is 98.5 Å². The maximum atomic E-state index is 12.7. The summed E-state index contributed by atoms with van der Waals surface area (Å²) in [6, 6.07) is 15.6. The molecule has 2 aromatic carbocycles. The quantitative estimate of drug-likeness (QED) is 0.414. The fourth-order valence-electron chi connectivity index (χ4n) is 2.96. The second kappa shape index (κ2) is 9.84. The summed E-state index contributed by atoms with van der Waals surface area (Å²) < 4.78 is 10.9. The van der Waals surface area contributed by atoms with E-state index in [1.165, 1.54) is 6.92 Å². The van der Waals surface area contributed by atoms with Crippen LogP contribution in [0.4, 0.5) is 5.69 Å². The number of carbonyl (C=O) groups excluding carboxylic acids is 3. The highest BCUT2D eigenvalue weighted by atomic mass is 16.5. The van der Waals surface area contributed by atoms with Crippen molar-refractivity contribution in [3.8, 4) is 11.5 Å². The SMILES string of the molecule is CCCC(=O)Nc1ccc(C(=O)[C@@H](C)OC(=O)c2nc(-c3ccccc3)oc2C)cc1. The van der Waals surface area contributed by atoms with Crippen LogP contribution in [0.25, 0.3) is 11.5 Å². The summed E-state index contributed by atoms with van der Waals surface area (Å²) in [6.07, 6.45) is 0.175. The van der Waals surface area contributed by atoms with Crippen molar-refractivity contribution >= 4 is 23.3 Å². The summed E-state index contributed by atoms with van der Waals surface area (Å²) in [5.41, 5.74) is 1.74. The van der Waals surface area contributed by atoms with Crippen molar-refractivity contribution < 1.29 is 23.5 Å². The van der Waals surface area contributed by atoms with Gasteiger partial charge in [-0.2, -0.15) is 0 Å². The van der Waals surface area contributed by atoms with E-state index in [-0.39, 0.29) is 17.4 Å². The normalized spacial score (nSPS) is 11.6. The number of esters is 1. The molecule has 31 heavy (non-hydrogen) atoms. The van der Waals surface area contributed by atoms with Crippen LogP contribution in [0.5, 0.6) is 0 Å². The van der Waals surface area contributed by atoms with Crippen LogP contribution < -0.4 is 5.32 Å². The second-order valence-electron chi connectivity index (χ2n) is 7.08. The van der Waals surface area contributed by atoms with Crippen LogP contribution in [0, 0.1) is 6.92 Å². The minimum absolute atomic E-state index is 0.0347. The van der Waals surface area contributed by atoms with Crippen molar-refractivity contribution in [2.75, 3.05) is 5.32 Å². The molecule has 1 amide bonds. The Morgan fingerprint density at radius 1 is 1.06 bits per heavy atom. The molecule has 0 aliphatic rings. The number of carbonyl (C=O) groups is 3. The van der Waals surface area contributed by atoms with Gasteiger partial charge >= 0.3 is 5.97 Å². The zero-order valence-corrected chi connectivity index (χ0v) is 17.7. The number of nitrogens with one attached hydrogen (secondary N) is 1. The first-order chi connectivity index (χ1) is 14.9. The number of aromatic nitrogens is 1. The van der Waals surface area contributed by atoms with Crippen molar-refractivity contribution in [3.63, 3.8) is 0 Å². The van der Waals surface area contributed by atoms with Gasteiger partial charge in [0, 0.05) is 23.2 Å². The Balaban J connectivity index is 1.65. The van der Waals surface area contributed by atoms with E-state index in [0.29, 0.717) is 29.3 Å². The van der Waals surface area contributed by atoms with Crippen LogP contribution in [0.3, 0.4) is 0 Å². The number of ether oxygens (including phenoxy) is 1. The van der Waals surface area contributed by atoms with Gasteiger partial charge in [-0.1, -0.05) is 25.1 Å². The van der Waals surface area contributed by atoms with Crippen molar-refractivity contribution in [2.45, 2.75) is 39.7 Å². The number of nitrogens with zero attached hydrogens (tertiary/aromatic N) is 1. The highest BCUT2D eigenvalue weighted by molar-refractivity contribution is 6.02. The zero-order valence-electron chi connectivity index (χ0n) is 17.7. The fraction of sp³-hybridized carbons (Fsp3) is 0.250. The number of hydrogen-bond acceptors (Lipinski definition) is 6. The molecule has 0 radical (unpaired) electrons. The third-order valence-electron chi connectivity index (χ3n) is 4.59. The number of anilines is 1. The van der Waals surface area contributed by atoms with Crippen molar-refractivity contribution in [3.05, 3.63) is 71.6 Å². The third kappa shape index (κ3) is 5.45. The summed E-state index contributed by atoms with van der Waals surface area (Å²) in [5.74, 6) is -0.543. The van der Waals surface area contributed by atoms with Gasteiger partial charge < -0.3 is 14.5 Å². The Bertz CT molecular complexity index is 1070. The van der Waals surface area contributed by atoms with Gasteiger partial charge in [0.1, 0.15) is 5.76 Å². The van der Waals surface area contributed by atoms with Crippen LogP contribution in [-0.4, -0.2) is 28.7 Å². The van der Waals surface area contributed by atoms with Crippen molar-refractivity contribution in [2.24, 2.45) is 0 Å². The maximum Gasteiger partial charge on any atom is 0.361 e. The molecular weight excluding hydrogens is 396 g/mol. The molecule has 0 fully saturated rings. The standard InChI is InChI=1S/C24H24N2O5/c1-4-8-20(27)25-19-13-11-17(12-14-19)22(28)16(3)31-24(29)21-15(2)30-23(26-21)18-9-6-5-7-10-18/h5-7,9-14,16H,4,8H2,1-3H3,(H,25,27)/t16-/m1/s1. The molecule has 3 aromatic rings. The summed E-state index contributed by atoms with van der Waals surface area (Å²) in [7, 11) is 0. The molecule has 0 aliphatic carbocycles. The predicted molar refractivity (Wildman–Crippen MR) is 116 cm³/mol. The molecule has 160 valence electrons. The predicted octanol–water partition coefficient (Wildman–Crippen LogP) is 4.82. The first kappa shape index (κ1) is 22.0. The van der Waals surface area contributed by atoms with E-state index in [4.69, 9.17) is 9.15 Å². The summed E-state index contributed by atoms with van der Waals surface area (Å²) in [6.45, 7) is 5.05. The highest BCUT2D eigenvalue weighted by Crippen LogP contribution is 2.22. The lowest BCUT2D eigenvalue weighted by Gasteiger charge is -2.12. The molecule has 0 aliphatic heterocycles. The lowest BCUT2D eigenvalue weighted by Crippen LogP contribution is -2.25. The Kier molecular flexibility index (Phi) is 6.97. The number of ketones is 1.